The van der Waals surface area contributed by atoms with Gasteiger partial charge in [0.2, 0.25) is 0 Å². The van der Waals surface area contributed by atoms with E-state index in [0.29, 0.717) is 10.0 Å². The second-order valence-corrected chi connectivity index (χ2v) is 4.62. The molecular weight excluding hydrogens is 257 g/mol. The van der Waals surface area contributed by atoms with Gasteiger partial charge in [0.15, 0.2) is 0 Å². The van der Waals surface area contributed by atoms with E-state index in [1.807, 2.05) is 19.1 Å². The third-order valence-electron chi connectivity index (χ3n) is 2.59. The molecular formula is C13H19Cl2NO. The van der Waals surface area contributed by atoms with Crippen molar-refractivity contribution in [3.8, 4) is 0 Å². The SMILES string of the molecule is CCOCCNC(CC)c1ccc(Cl)cc1Cl. The summed E-state index contributed by atoms with van der Waals surface area (Å²) >= 11 is 12.1. The van der Waals surface area contributed by atoms with Crippen LogP contribution in [-0.2, 0) is 4.74 Å². The second kappa shape index (κ2) is 7.93. The molecule has 1 rings (SSSR count). The van der Waals surface area contributed by atoms with Gasteiger partial charge >= 0.3 is 0 Å². The van der Waals surface area contributed by atoms with Gasteiger partial charge in [-0.15, -0.1) is 0 Å². The molecule has 0 saturated heterocycles. The Labute approximate surface area is 113 Å². The number of nitrogens with one attached hydrogen (secondary N) is 1. The van der Waals surface area contributed by atoms with Crippen LogP contribution in [-0.4, -0.2) is 19.8 Å². The molecule has 1 N–H and O–H groups in total. The summed E-state index contributed by atoms with van der Waals surface area (Å²) in [6.07, 6.45) is 0.980. The zero-order valence-electron chi connectivity index (χ0n) is 10.3. The molecule has 0 aliphatic heterocycles. The number of halogens is 2. The molecule has 0 bridgehead atoms. The molecule has 1 aromatic rings. The Bertz CT molecular complexity index is 344. The van der Waals surface area contributed by atoms with Crippen LogP contribution in [0.25, 0.3) is 0 Å². The smallest absolute Gasteiger partial charge is 0.0590 e. The molecule has 0 aromatic heterocycles. The minimum atomic E-state index is 0.250. The number of rotatable bonds is 7. The highest BCUT2D eigenvalue weighted by Crippen LogP contribution is 2.27. The first-order valence-electron chi connectivity index (χ1n) is 5.95. The highest BCUT2D eigenvalue weighted by molar-refractivity contribution is 6.35. The monoisotopic (exact) mass is 275 g/mol. The van der Waals surface area contributed by atoms with E-state index in [2.05, 4.69) is 12.2 Å². The molecule has 0 radical (unpaired) electrons. The van der Waals surface area contributed by atoms with Gasteiger partial charge in [-0.1, -0.05) is 36.2 Å². The van der Waals surface area contributed by atoms with Crippen molar-refractivity contribution in [1.29, 1.82) is 0 Å². The molecule has 0 spiro atoms. The Kier molecular flexibility index (Phi) is 6.90. The molecule has 17 heavy (non-hydrogen) atoms. The molecule has 0 aliphatic rings. The average molecular weight is 276 g/mol. The topological polar surface area (TPSA) is 21.3 Å². The van der Waals surface area contributed by atoms with Crippen LogP contribution in [0.1, 0.15) is 31.9 Å². The lowest BCUT2D eigenvalue weighted by molar-refractivity contribution is 0.146. The number of benzene rings is 1. The fraction of sp³-hybridized carbons (Fsp3) is 0.538. The van der Waals surface area contributed by atoms with E-state index in [0.717, 1.165) is 31.7 Å². The molecule has 4 heteroatoms. The fourth-order valence-corrected chi connectivity index (χ4v) is 2.25. The van der Waals surface area contributed by atoms with Gasteiger partial charge < -0.3 is 10.1 Å². The predicted molar refractivity (Wildman–Crippen MR) is 74.0 cm³/mol. The van der Waals surface area contributed by atoms with Crippen molar-refractivity contribution in [2.24, 2.45) is 0 Å². The van der Waals surface area contributed by atoms with Crippen molar-refractivity contribution in [1.82, 2.24) is 5.32 Å². The maximum Gasteiger partial charge on any atom is 0.0590 e. The van der Waals surface area contributed by atoms with E-state index in [-0.39, 0.29) is 6.04 Å². The highest BCUT2D eigenvalue weighted by Gasteiger charge is 2.12. The van der Waals surface area contributed by atoms with Gasteiger partial charge in [-0.3, -0.25) is 0 Å². The molecule has 1 atom stereocenters. The summed E-state index contributed by atoms with van der Waals surface area (Å²) in [7, 11) is 0. The zero-order chi connectivity index (χ0) is 12.7. The second-order valence-electron chi connectivity index (χ2n) is 3.78. The van der Waals surface area contributed by atoms with Crippen LogP contribution >= 0.6 is 23.2 Å². The van der Waals surface area contributed by atoms with Crippen molar-refractivity contribution < 1.29 is 4.74 Å². The van der Waals surface area contributed by atoms with Crippen molar-refractivity contribution in [3.63, 3.8) is 0 Å². The Morgan fingerprint density at radius 3 is 2.65 bits per heavy atom. The van der Waals surface area contributed by atoms with Gasteiger partial charge in [0.1, 0.15) is 0 Å². The quantitative estimate of drug-likeness (QED) is 0.758. The zero-order valence-corrected chi connectivity index (χ0v) is 11.8. The van der Waals surface area contributed by atoms with Crippen LogP contribution in [0.2, 0.25) is 10.0 Å². The van der Waals surface area contributed by atoms with Crippen LogP contribution < -0.4 is 5.32 Å². The normalized spacial score (nSPS) is 12.7. The van der Waals surface area contributed by atoms with Gasteiger partial charge in [0.25, 0.3) is 0 Å². The molecule has 0 amide bonds. The Hall–Kier alpha value is -0.280. The lowest BCUT2D eigenvalue weighted by Crippen LogP contribution is -2.25. The van der Waals surface area contributed by atoms with Crippen LogP contribution in [0.5, 0.6) is 0 Å². The third-order valence-corrected chi connectivity index (χ3v) is 3.15. The minimum absolute atomic E-state index is 0.250. The van der Waals surface area contributed by atoms with Gasteiger partial charge in [-0.25, -0.2) is 0 Å². The first kappa shape index (κ1) is 14.8. The molecule has 0 saturated carbocycles. The molecule has 96 valence electrons. The van der Waals surface area contributed by atoms with Crippen molar-refractivity contribution in [2.45, 2.75) is 26.3 Å². The third kappa shape index (κ3) is 4.84. The van der Waals surface area contributed by atoms with Crippen molar-refractivity contribution in [2.75, 3.05) is 19.8 Å². The van der Waals surface area contributed by atoms with Gasteiger partial charge in [0, 0.05) is 29.2 Å². The largest absolute Gasteiger partial charge is 0.380 e. The molecule has 2 nitrogen and oxygen atoms in total. The number of hydrogen-bond donors (Lipinski definition) is 1. The molecule has 0 heterocycles. The lowest BCUT2D eigenvalue weighted by Gasteiger charge is -2.18. The first-order chi connectivity index (χ1) is 8.19. The van der Waals surface area contributed by atoms with E-state index in [4.69, 9.17) is 27.9 Å². The summed E-state index contributed by atoms with van der Waals surface area (Å²) in [6.45, 7) is 6.42. The summed E-state index contributed by atoms with van der Waals surface area (Å²) in [5.41, 5.74) is 1.09. The summed E-state index contributed by atoms with van der Waals surface area (Å²) in [5.74, 6) is 0. The van der Waals surface area contributed by atoms with Gasteiger partial charge in [-0.2, -0.15) is 0 Å². The summed E-state index contributed by atoms with van der Waals surface area (Å²) in [4.78, 5) is 0. The Balaban J connectivity index is 2.59. The minimum Gasteiger partial charge on any atom is -0.380 e. The number of hydrogen-bond acceptors (Lipinski definition) is 2. The van der Waals surface area contributed by atoms with Gasteiger partial charge in [0.05, 0.1) is 6.61 Å². The molecule has 1 unspecified atom stereocenters. The van der Waals surface area contributed by atoms with E-state index in [1.165, 1.54) is 0 Å². The lowest BCUT2D eigenvalue weighted by atomic mass is 10.0. The van der Waals surface area contributed by atoms with E-state index in [1.54, 1.807) is 6.07 Å². The molecule has 0 aliphatic carbocycles. The Morgan fingerprint density at radius 1 is 1.29 bits per heavy atom. The maximum atomic E-state index is 6.19. The van der Waals surface area contributed by atoms with Crippen LogP contribution in [0.4, 0.5) is 0 Å². The van der Waals surface area contributed by atoms with E-state index >= 15 is 0 Å². The van der Waals surface area contributed by atoms with Crippen LogP contribution in [0.3, 0.4) is 0 Å². The van der Waals surface area contributed by atoms with Gasteiger partial charge in [-0.05, 0) is 31.0 Å². The van der Waals surface area contributed by atoms with Crippen LogP contribution in [0, 0.1) is 0 Å². The predicted octanol–water partition coefficient (Wildman–Crippen LogP) is 4.07. The average Bonchev–Trinajstić information content (AvgIpc) is 2.31. The standard InChI is InChI=1S/C13H19Cl2NO/c1-3-13(16-7-8-17-4-2)11-6-5-10(14)9-12(11)15/h5-6,9,13,16H,3-4,7-8H2,1-2H3. The maximum absolute atomic E-state index is 6.19. The highest BCUT2D eigenvalue weighted by atomic mass is 35.5. The van der Waals surface area contributed by atoms with Crippen molar-refractivity contribution >= 4 is 23.2 Å². The molecule has 1 aromatic carbocycles. The summed E-state index contributed by atoms with van der Waals surface area (Å²) < 4.78 is 5.30. The molecule has 0 fully saturated rings. The Morgan fingerprint density at radius 2 is 2.06 bits per heavy atom. The summed E-state index contributed by atoms with van der Waals surface area (Å²) in [6, 6.07) is 5.88. The van der Waals surface area contributed by atoms with E-state index < -0.39 is 0 Å². The van der Waals surface area contributed by atoms with E-state index in [9.17, 15) is 0 Å². The first-order valence-corrected chi connectivity index (χ1v) is 6.70. The summed E-state index contributed by atoms with van der Waals surface area (Å²) in [5, 5.41) is 4.81. The van der Waals surface area contributed by atoms with Crippen molar-refractivity contribution in [3.05, 3.63) is 33.8 Å². The fourth-order valence-electron chi connectivity index (χ4n) is 1.71. The van der Waals surface area contributed by atoms with Crippen LogP contribution in [0.15, 0.2) is 18.2 Å². The number of ether oxygens (including phenoxy) is 1.